The summed E-state index contributed by atoms with van der Waals surface area (Å²) < 4.78 is 0. The highest BCUT2D eigenvalue weighted by molar-refractivity contribution is 4.70. The molecule has 86 valence electrons. The summed E-state index contributed by atoms with van der Waals surface area (Å²) in [5.74, 6) is 1.92. The molecule has 1 atom stereocenters. The van der Waals surface area contributed by atoms with Crippen molar-refractivity contribution >= 4 is 0 Å². The van der Waals surface area contributed by atoms with Gasteiger partial charge in [0.05, 0.1) is 12.7 Å². The van der Waals surface area contributed by atoms with Crippen LogP contribution >= 0.6 is 0 Å². The number of aliphatic hydroxyl groups is 2. The fourth-order valence-corrected chi connectivity index (χ4v) is 1.72. The van der Waals surface area contributed by atoms with E-state index in [-0.39, 0.29) is 6.61 Å². The summed E-state index contributed by atoms with van der Waals surface area (Å²) in [5, 5.41) is 21.0. The Morgan fingerprint density at radius 3 is 1.86 bits per heavy atom. The maximum atomic E-state index is 9.14. The molecule has 0 rings (SSSR count). The second kappa shape index (κ2) is 7.21. The Kier molecular flexibility index (Phi) is 7.15. The maximum Gasteiger partial charge on any atom is 0.0894 e. The van der Waals surface area contributed by atoms with Crippen LogP contribution in [0, 0.1) is 17.8 Å². The Bertz CT molecular complexity index is 129. The molecule has 0 saturated carbocycles. The van der Waals surface area contributed by atoms with Gasteiger partial charge in [0.15, 0.2) is 0 Å². The van der Waals surface area contributed by atoms with Crippen LogP contribution < -0.4 is 5.32 Å². The van der Waals surface area contributed by atoms with Crippen LogP contribution in [0.15, 0.2) is 0 Å². The minimum Gasteiger partial charge on any atom is -0.394 e. The van der Waals surface area contributed by atoms with Crippen LogP contribution in [0.25, 0.3) is 0 Å². The zero-order valence-electron chi connectivity index (χ0n) is 9.83. The van der Waals surface area contributed by atoms with E-state index in [9.17, 15) is 0 Å². The van der Waals surface area contributed by atoms with E-state index in [4.69, 9.17) is 10.2 Å². The molecule has 0 aromatic heterocycles. The predicted molar refractivity (Wildman–Crippen MR) is 59.1 cm³/mol. The molecule has 0 aromatic rings. The molecule has 0 fully saturated rings. The minimum absolute atomic E-state index is 0.166. The first-order chi connectivity index (χ1) is 6.49. The van der Waals surface area contributed by atoms with Crippen LogP contribution in [-0.4, -0.2) is 36.0 Å². The first-order valence-corrected chi connectivity index (χ1v) is 5.48. The third kappa shape index (κ3) is 5.58. The summed E-state index contributed by atoms with van der Waals surface area (Å²) in [5.41, 5.74) is 0. The molecule has 0 aliphatic carbocycles. The quantitative estimate of drug-likeness (QED) is 0.575. The number of hydrogen-bond acceptors (Lipinski definition) is 3. The third-order valence-electron chi connectivity index (χ3n) is 2.68. The van der Waals surface area contributed by atoms with Crippen LogP contribution in [0.1, 0.15) is 27.7 Å². The molecular formula is C11H25NO2. The number of rotatable bonds is 7. The molecule has 0 aliphatic rings. The monoisotopic (exact) mass is 203 g/mol. The molecule has 0 bridgehead atoms. The lowest BCUT2D eigenvalue weighted by atomic mass is 9.85. The molecule has 14 heavy (non-hydrogen) atoms. The Hall–Kier alpha value is -0.120. The first-order valence-electron chi connectivity index (χ1n) is 5.48. The molecule has 0 spiro atoms. The van der Waals surface area contributed by atoms with Gasteiger partial charge in [-0.3, -0.25) is 0 Å². The smallest absolute Gasteiger partial charge is 0.0894 e. The zero-order chi connectivity index (χ0) is 11.1. The van der Waals surface area contributed by atoms with E-state index in [0.29, 0.717) is 24.3 Å². The van der Waals surface area contributed by atoms with E-state index >= 15 is 0 Å². The molecule has 1 unspecified atom stereocenters. The van der Waals surface area contributed by atoms with Crippen molar-refractivity contribution < 1.29 is 10.2 Å². The molecule has 0 radical (unpaired) electrons. The van der Waals surface area contributed by atoms with Gasteiger partial charge in [0.25, 0.3) is 0 Å². The van der Waals surface area contributed by atoms with Crippen LogP contribution in [-0.2, 0) is 0 Å². The van der Waals surface area contributed by atoms with Crippen molar-refractivity contribution in [3.05, 3.63) is 0 Å². The molecule has 3 N–H and O–H groups in total. The van der Waals surface area contributed by atoms with Gasteiger partial charge in [0.2, 0.25) is 0 Å². The van der Waals surface area contributed by atoms with Crippen molar-refractivity contribution in [1.82, 2.24) is 5.32 Å². The molecule has 3 nitrogen and oxygen atoms in total. The molecule has 0 heterocycles. The van der Waals surface area contributed by atoms with Gasteiger partial charge in [-0.1, -0.05) is 27.7 Å². The van der Waals surface area contributed by atoms with Gasteiger partial charge < -0.3 is 15.5 Å². The average Bonchev–Trinajstić information content (AvgIpc) is 2.10. The fraction of sp³-hybridized carbons (Fsp3) is 1.00. The SMILES string of the molecule is CC(C)C(CNCC(O)CO)C(C)C. The van der Waals surface area contributed by atoms with Gasteiger partial charge in [0, 0.05) is 6.54 Å². The zero-order valence-corrected chi connectivity index (χ0v) is 9.83. The summed E-state index contributed by atoms with van der Waals surface area (Å²) in [6.07, 6.45) is -0.630. The largest absolute Gasteiger partial charge is 0.394 e. The molecular weight excluding hydrogens is 178 g/mol. The standard InChI is InChI=1S/C11H25NO2/c1-8(2)11(9(3)4)6-12-5-10(14)7-13/h8-14H,5-7H2,1-4H3. The van der Waals surface area contributed by atoms with E-state index in [1.807, 2.05) is 0 Å². The average molecular weight is 203 g/mol. The van der Waals surface area contributed by atoms with E-state index in [0.717, 1.165) is 6.54 Å². The summed E-state index contributed by atoms with van der Waals surface area (Å²) in [6.45, 7) is 10.1. The molecule has 0 saturated heterocycles. The highest BCUT2D eigenvalue weighted by Gasteiger charge is 2.17. The van der Waals surface area contributed by atoms with Gasteiger partial charge in [-0.25, -0.2) is 0 Å². The van der Waals surface area contributed by atoms with Crippen molar-refractivity contribution in [1.29, 1.82) is 0 Å². The van der Waals surface area contributed by atoms with Crippen LogP contribution in [0.3, 0.4) is 0 Å². The van der Waals surface area contributed by atoms with E-state index in [2.05, 4.69) is 33.0 Å². The lowest BCUT2D eigenvalue weighted by Crippen LogP contribution is -2.35. The number of nitrogens with one attached hydrogen (secondary N) is 1. The van der Waals surface area contributed by atoms with E-state index in [1.54, 1.807) is 0 Å². The Labute approximate surface area is 87.5 Å². The van der Waals surface area contributed by atoms with Crippen molar-refractivity contribution in [2.75, 3.05) is 19.7 Å². The summed E-state index contributed by atoms with van der Waals surface area (Å²) in [4.78, 5) is 0. The second-order valence-electron chi connectivity index (χ2n) is 4.65. The van der Waals surface area contributed by atoms with Crippen molar-refractivity contribution in [2.24, 2.45) is 17.8 Å². The Balaban J connectivity index is 3.72. The lowest BCUT2D eigenvalue weighted by molar-refractivity contribution is 0.0919. The van der Waals surface area contributed by atoms with Gasteiger partial charge in [-0.05, 0) is 24.3 Å². The predicted octanol–water partition coefficient (Wildman–Crippen LogP) is 0.857. The lowest BCUT2D eigenvalue weighted by Gasteiger charge is -2.25. The Morgan fingerprint density at radius 2 is 1.50 bits per heavy atom. The van der Waals surface area contributed by atoms with Gasteiger partial charge in [-0.2, -0.15) is 0 Å². The highest BCUT2D eigenvalue weighted by Crippen LogP contribution is 2.19. The van der Waals surface area contributed by atoms with Gasteiger partial charge in [-0.15, -0.1) is 0 Å². The summed E-state index contributed by atoms with van der Waals surface area (Å²) >= 11 is 0. The second-order valence-corrected chi connectivity index (χ2v) is 4.65. The van der Waals surface area contributed by atoms with Crippen molar-refractivity contribution in [2.45, 2.75) is 33.8 Å². The van der Waals surface area contributed by atoms with Crippen LogP contribution in [0.5, 0.6) is 0 Å². The maximum absolute atomic E-state index is 9.14. The molecule has 0 aromatic carbocycles. The fourth-order valence-electron chi connectivity index (χ4n) is 1.72. The van der Waals surface area contributed by atoms with Crippen molar-refractivity contribution in [3.63, 3.8) is 0 Å². The van der Waals surface area contributed by atoms with Crippen molar-refractivity contribution in [3.8, 4) is 0 Å². The topological polar surface area (TPSA) is 52.5 Å². The van der Waals surface area contributed by atoms with Crippen LogP contribution in [0.2, 0.25) is 0 Å². The summed E-state index contributed by atoms with van der Waals surface area (Å²) in [6, 6.07) is 0. The summed E-state index contributed by atoms with van der Waals surface area (Å²) in [7, 11) is 0. The first kappa shape index (κ1) is 13.9. The molecule has 0 amide bonds. The minimum atomic E-state index is -0.630. The van der Waals surface area contributed by atoms with Gasteiger partial charge >= 0.3 is 0 Å². The van der Waals surface area contributed by atoms with E-state index < -0.39 is 6.10 Å². The highest BCUT2D eigenvalue weighted by atomic mass is 16.3. The Morgan fingerprint density at radius 1 is 1.00 bits per heavy atom. The third-order valence-corrected chi connectivity index (χ3v) is 2.68. The van der Waals surface area contributed by atoms with Crippen LogP contribution in [0.4, 0.5) is 0 Å². The molecule has 0 aliphatic heterocycles. The van der Waals surface area contributed by atoms with E-state index in [1.165, 1.54) is 0 Å². The van der Waals surface area contributed by atoms with Gasteiger partial charge in [0.1, 0.15) is 0 Å². The number of aliphatic hydroxyl groups excluding tert-OH is 2. The number of hydrogen-bond donors (Lipinski definition) is 3. The normalized spacial score (nSPS) is 14.4. The molecule has 3 heteroatoms.